The molecule has 1 aromatic heterocycles. The molecule has 69 heavy (non-hydrogen) atoms. The highest BCUT2D eigenvalue weighted by atomic mass is 15.1. The van der Waals surface area contributed by atoms with Crippen LogP contribution in [0.2, 0.25) is 0 Å². The Balaban J connectivity index is 0.896. The SMILES string of the molecule is c1ccc(-c2ccc(N(c3ccccc3)c3ccc(-c4cccc(-c5ccc6c7ccccc7n(-c7ccc8c(c7)C(c7ccccc7)(c7ccccc7)c7ccccc7-8)c6c5)c4)cc3)cc2)cc1. The van der Waals surface area contributed by atoms with E-state index in [0.29, 0.717) is 0 Å². The van der Waals surface area contributed by atoms with Crippen molar-refractivity contribution in [2.75, 3.05) is 4.90 Å². The molecule has 0 aliphatic heterocycles. The molecule has 0 saturated heterocycles. The van der Waals surface area contributed by atoms with Gasteiger partial charge >= 0.3 is 0 Å². The average molecular weight is 879 g/mol. The van der Waals surface area contributed by atoms with Crippen LogP contribution in [0.1, 0.15) is 22.3 Å². The van der Waals surface area contributed by atoms with Crippen LogP contribution in [0.3, 0.4) is 0 Å². The lowest BCUT2D eigenvalue weighted by Crippen LogP contribution is -2.28. The third-order valence-corrected chi connectivity index (χ3v) is 14.3. The predicted molar refractivity (Wildman–Crippen MR) is 289 cm³/mol. The van der Waals surface area contributed by atoms with Gasteiger partial charge in [-0.05, 0) is 133 Å². The van der Waals surface area contributed by atoms with Crippen molar-refractivity contribution < 1.29 is 0 Å². The summed E-state index contributed by atoms with van der Waals surface area (Å²) in [5, 5.41) is 2.48. The fourth-order valence-corrected chi connectivity index (χ4v) is 11.1. The van der Waals surface area contributed by atoms with Crippen molar-refractivity contribution >= 4 is 38.9 Å². The molecule has 1 aliphatic carbocycles. The van der Waals surface area contributed by atoms with Gasteiger partial charge in [0, 0.05) is 33.5 Å². The van der Waals surface area contributed by atoms with Gasteiger partial charge in [-0.2, -0.15) is 0 Å². The maximum Gasteiger partial charge on any atom is 0.0714 e. The molecular weight excluding hydrogens is 833 g/mol. The van der Waals surface area contributed by atoms with Crippen molar-refractivity contribution in [2.45, 2.75) is 5.41 Å². The van der Waals surface area contributed by atoms with Gasteiger partial charge in [0.2, 0.25) is 0 Å². The van der Waals surface area contributed by atoms with Crippen molar-refractivity contribution in [1.82, 2.24) is 4.57 Å². The van der Waals surface area contributed by atoms with Gasteiger partial charge in [0.05, 0.1) is 16.4 Å². The maximum atomic E-state index is 2.48. The molecule has 1 heterocycles. The molecule has 2 heteroatoms. The van der Waals surface area contributed by atoms with E-state index in [2.05, 4.69) is 289 Å². The number of benzene rings is 11. The number of aromatic nitrogens is 1. The van der Waals surface area contributed by atoms with E-state index in [1.165, 1.54) is 88.6 Å². The van der Waals surface area contributed by atoms with Crippen LogP contribution in [0.15, 0.2) is 279 Å². The molecule has 11 aromatic carbocycles. The van der Waals surface area contributed by atoms with Gasteiger partial charge in [-0.15, -0.1) is 0 Å². The molecule has 0 spiro atoms. The van der Waals surface area contributed by atoms with E-state index in [0.717, 1.165) is 22.7 Å². The number of rotatable bonds is 9. The minimum Gasteiger partial charge on any atom is -0.311 e. The second kappa shape index (κ2) is 16.7. The van der Waals surface area contributed by atoms with Crippen molar-refractivity contribution in [3.63, 3.8) is 0 Å². The summed E-state index contributed by atoms with van der Waals surface area (Å²) in [6.45, 7) is 0. The van der Waals surface area contributed by atoms with Gasteiger partial charge in [-0.25, -0.2) is 0 Å². The molecule has 12 aromatic rings. The smallest absolute Gasteiger partial charge is 0.0714 e. The van der Waals surface area contributed by atoms with Crippen LogP contribution in [0, 0.1) is 0 Å². The van der Waals surface area contributed by atoms with E-state index in [1.807, 2.05) is 0 Å². The molecule has 13 rings (SSSR count). The molecule has 0 radical (unpaired) electrons. The van der Waals surface area contributed by atoms with Crippen LogP contribution < -0.4 is 4.90 Å². The molecule has 0 saturated carbocycles. The van der Waals surface area contributed by atoms with Crippen molar-refractivity contribution in [1.29, 1.82) is 0 Å². The zero-order valence-corrected chi connectivity index (χ0v) is 38.0. The van der Waals surface area contributed by atoms with Gasteiger partial charge in [0.1, 0.15) is 0 Å². The first-order chi connectivity index (χ1) is 34.2. The number of hydrogen-bond acceptors (Lipinski definition) is 1. The predicted octanol–water partition coefficient (Wildman–Crippen LogP) is 17.6. The number of nitrogens with zero attached hydrogens (tertiary/aromatic N) is 2. The van der Waals surface area contributed by atoms with Crippen LogP contribution in [-0.2, 0) is 5.41 Å². The first-order valence-electron chi connectivity index (χ1n) is 23.8. The Hall–Kier alpha value is -8.98. The first kappa shape index (κ1) is 40.3. The zero-order chi connectivity index (χ0) is 45.7. The summed E-state index contributed by atoms with van der Waals surface area (Å²) in [4.78, 5) is 2.33. The highest BCUT2D eigenvalue weighted by Gasteiger charge is 2.46. The number of anilines is 3. The highest BCUT2D eigenvalue weighted by Crippen LogP contribution is 2.56. The summed E-state index contributed by atoms with van der Waals surface area (Å²) in [6.07, 6.45) is 0. The Bertz CT molecular complexity index is 3760. The zero-order valence-electron chi connectivity index (χ0n) is 38.0. The molecular formula is C67H46N2. The molecule has 1 aliphatic rings. The van der Waals surface area contributed by atoms with Crippen molar-refractivity contribution in [3.8, 4) is 50.2 Å². The first-order valence-corrected chi connectivity index (χ1v) is 23.8. The lowest BCUT2D eigenvalue weighted by atomic mass is 9.67. The largest absolute Gasteiger partial charge is 0.311 e. The molecule has 2 nitrogen and oxygen atoms in total. The molecule has 0 N–H and O–H groups in total. The van der Waals surface area contributed by atoms with Crippen molar-refractivity contribution in [2.24, 2.45) is 0 Å². The second-order valence-electron chi connectivity index (χ2n) is 18.1. The van der Waals surface area contributed by atoms with E-state index >= 15 is 0 Å². The third kappa shape index (κ3) is 6.72. The van der Waals surface area contributed by atoms with Gasteiger partial charge in [-0.1, -0.05) is 212 Å². The van der Waals surface area contributed by atoms with E-state index < -0.39 is 5.41 Å². The Kier molecular flexibility index (Phi) is 9.77. The Morgan fingerprint density at radius 2 is 0.739 bits per heavy atom. The van der Waals surface area contributed by atoms with E-state index in [9.17, 15) is 0 Å². The molecule has 0 bridgehead atoms. The maximum absolute atomic E-state index is 2.48. The van der Waals surface area contributed by atoms with E-state index in [1.54, 1.807) is 0 Å². The number of hydrogen-bond donors (Lipinski definition) is 0. The number of para-hydroxylation sites is 2. The second-order valence-corrected chi connectivity index (χ2v) is 18.1. The van der Waals surface area contributed by atoms with Gasteiger partial charge in [0.25, 0.3) is 0 Å². The average Bonchev–Trinajstić information content (AvgIpc) is 3.92. The van der Waals surface area contributed by atoms with Gasteiger partial charge < -0.3 is 9.47 Å². The molecule has 0 unspecified atom stereocenters. The summed E-state index contributed by atoms with van der Waals surface area (Å²) < 4.78 is 2.48. The Morgan fingerprint density at radius 3 is 1.42 bits per heavy atom. The van der Waals surface area contributed by atoms with Crippen molar-refractivity contribution in [3.05, 3.63) is 301 Å². The van der Waals surface area contributed by atoms with Crippen LogP contribution in [0.25, 0.3) is 72.0 Å². The van der Waals surface area contributed by atoms with Crippen LogP contribution in [0.5, 0.6) is 0 Å². The quantitative estimate of drug-likeness (QED) is 0.140. The summed E-state index contributed by atoms with van der Waals surface area (Å²) in [5.41, 5.74) is 21.2. The topological polar surface area (TPSA) is 8.17 Å². The standard InChI is InChI=1S/C67H46N2/c1-5-18-47(19-6-1)48-32-37-56(38-33-48)68(55-26-11-4-12-27-55)57-39-34-49(35-40-57)50-20-17-21-51(44-50)52-36-42-62-61-29-14-16-31-65(61)69(66(62)45-52)58-41-43-60-59-28-13-15-30-63(59)67(64(60)46-58,53-22-7-2-8-23-53)54-24-9-3-10-25-54/h1-46H. The number of fused-ring (bicyclic) bond motifs is 6. The van der Waals surface area contributed by atoms with Crippen LogP contribution >= 0.6 is 0 Å². The van der Waals surface area contributed by atoms with E-state index in [-0.39, 0.29) is 0 Å². The summed E-state index contributed by atoms with van der Waals surface area (Å²) in [7, 11) is 0. The van der Waals surface area contributed by atoms with Crippen LogP contribution in [-0.4, -0.2) is 4.57 Å². The lowest BCUT2D eigenvalue weighted by Gasteiger charge is -2.34. The lowest BCUT2D eigenvalue weighted by molar-refractivity contribution is 0.767. The van der Waals surface area contributed by atoms with E-state index in [4.69, 9.17) is 0 Å². The Morgan fingerprint density at radius 1 is 0.275 bits per heavy atom. The fourth-order valence-electron chi connectivity index (χ4n) is 11.1. The highest BCUT2D eigenvalue weighted by molar-refractivity contribution is 6.10. The monoisotopic (exact) mass is 878 g/mol. The summed E-state index contributed by atoms with van der Waals surface area (Å²) >= 11 is 0. The molecule has 0 fully saturated rings. The fraction of sp³-hybridized carbons (Fsp3) is 0.0149. The Labute approximate surface area is 403 Å². The molecule has 0 amide bonds. The van der Waals surface area contributed by atoms with Crippen LogP contribution in [0.4, 0.5) is 17.1 Å². The third-order valence-electron chi connectivity index (χ3n) is 14.3. The summed E-state index contributed by atoms with van der Waals surface area (Å²) in [5.74, 6) is 0. The summed E-state index contributed by atoms with van der Waals surface area (Å²) in [6, 6.07) is 102. The van der Waals surface area contributed by atoms with Gasteiger partial charge in [-0.3, -0.25) is 0 Å². The van der Waals surface area contributed by atoms with Gasteiger partial charge in [0.15, 0.2) is 0 Å². The normalized spacial score (nSPS) is 12.5. The molecule has 324 valence electrons. The minimum absolute atomic E-state index is 0.485. The minimum atomic E-state index is -0.485. The molecule has 0 atom stereocenters.